The van der Waals surface area contributed by atoms with E-state index in [1.807, 2.05) is 0 Å². The number of likely N-dealkylation sites (tertiary alicyclic amines) is 1. The zero-order chi connectivity index (χ0) is 17.0. The van der Waals surface area contributed by atoms with Gasteiger partial charge in [-0.15, -0.1) is 12.3 Å². The SMILES string of the molecule is C#CCCN1CCC(O)(C(=O)CCc2cc(F)cc(Cl)c2)C1=O. The van der Waals surface area contributed by atoms with Gasteiger partial charge in [-0.2, -0.15) is 0 Å². The molecule has 2 rings (SSSR count). The third-order valence-corrected chi connectivity index (χ3v) is 4.15. The van der Waals surface area contributed by atoms with Crippen LogP contribution in [0.2, 0.25) is 5.02 Å². The highest BCUT2D eigenvalue weighted by Gasteiger charge is 2.50. The summed E-state index contributed by atoms with van der Waals surface area (Å²) in [5.74, 6) is 0.765. The Kier molecular flexibility index (Phi) is 5.40. The number of ketones is 1. The van der Waals surface area contributed by atoms with Crippen molar-refractivity contribution in [3.05, 3.63) is 34.6 Å². The van der Waals surface area contributed by atoms with Crippen LogP contribution in [-0.2, 0) is 16.0 Å². The van der Waals surface area contributed by atoms with Crippen LogP contribution >= 0.6 is 11.6 Å². The number of benzene rings is 1. The van der Waals surface area contributed by atoms with Crippen molar-refractivity contribution in [1.82, 2.24) is 4.90 Å². The molecule has 1 aliphatic rings. The first-order chi connectivity index (χ1) is 10.9. The van der Waals surface area contributed by atoms with Gasteiger partial charge in [0.15, 0.2) is 5.78 Å². The van der Waals surface area contributed by atoms with Gasteiger partial charge in [-0.1, -0.05) is 11.6 Å². The van der Waals surface area contributed by atoms with Gasteiger partial charge in [-0.25, -0.2) is 4.39 Å². The number of amides is 1. The van der Waals surface area contributed by atoms with E-state index in [0.717, 1.165) is 0 Å². The van der Waals surface area contributed by atoms with E-state index in [1.54, 1.807) is 6.07 Å². The second-order valence-electron chi connectivity index (χ2n) is 5.56. The average molecular weight is 338 g/mol. The van der Waals surface area contributed by atoms with Gasteiger partial charge >= 0.3 is 0 Å². The number of carbonyl (C=O) groups is 2. The summed E-state index contributed by atoms with van der Waals surface area (Å²) >= 11 is 5.76. The summed E-state index contributed by atoms with van der Waals surface area (Å²) in [4.78, 5) is 25.9. The van der Waals surface area contributed by atoms with Crippen LogP contribution in [-0.4, -0.2) is 40.4 Å². The fourth-order valence-electron chi connectivity index (χ4n) is 2.66. The molecule has 0 spiro atoms. The van der Waals surface area contributed by atoms with Crippen LogP contribution in [0.1, 0.15) is 24.8 Å². The Bertz CT molecular complexity index is 650. The van der Waals surface area contributed by atoms with E-state index < -0.39 is 23.1 Å². The Balaban J connectivity index is 2.00. The zero-order valence-corrected chi connectivity index (χ0v) is 13.3. The minimum absolute atomic E-state index is 0.0547. The van der Waals surface area contributed by atoms with Gasteiger partial charge in [0.25, 0.3) is 5.91 Å². The molecule has 23 heavy (non-hydrogen) atoms. The molecule has 1 N–H and O–H groups in total. The Morgan fingerprint density at radius 3 is 2.87 bits per heavy atom. The predicted molar refractivity (Wildman–Crippen MR) is 84.3 cm³/mol. The number of rotatable bonds is 6. The highest BCUT2D eigenvalue weighted by Crippen LogP contribution is 2.26. The maximum absolute atomic E-state index is 13.3. The number of hydrogen-bond acceptors (Lipinski definition) is 3. The topological polar surface area (TPSA) is 57.6 Å². The smallest absolute Gasteiger partial charge is 0.262 e. The number of Topliss-reactive ketones (excluding diaryl/α,β-unsaturated/α-hetero) is 1. The predicted octanol–water partition coefficient (Wildman–Crippen LogP) is 1.97. The fourth-order valence-corrected chi connectivity index (χ4v) is 2.90. The maximum atomic E-state index is 13.3. The lowest BCUT2D eigenvalue weighted by molar-refractivity contribution is -0.153. The molecular weight excluding hydrogens is 321 g/mol. The largest absolute Gasteiger partial charge is 0.373 e. The monoisotopic (exact) mass is 337 g/mol. The molecule has 6 heteroatoms. The van der Waals surface area contributed by atoms with E-state index in [-0.39, 0.29) is 24.3 Å². The van der Waals surface area contributed by atoms with Crippen molar-refractivity contribution in [2.45, 2.75) is 31.3 Å². The second-order valence-corrected chi connectivity index (χ2v) is 5.99. The molecule has 1 unspecified atom stereocenters. The lowest BCUT2D eigenvalue weighted by atomic mass is 9.92. The lowest BCUT2D eigenvalue weighted by Crippen LogP contribution is -2.47. The van der Waals surface area contributed by atoms with Crippen LogP contribution in [0.25, 0.3) is 0 Å². The molecule has 1 aromatic carbocycles. The Hall–Kier alpha value is -1.90. The number of aliphatic hydroxyl groups is 1. The molecule has 1 amide bonds. The molecule has 4 nitrogen and oxygen atoms in total. The van der Waals surface area contributed by atoms with Crippen molar-refractivity contribution in [1.29, 1.82) is 0 Å². The Morgan fingerprint density at radius 2 is 2.22 bits per heavy atom. The van der Waals surface area contributed by atoms with Gasteiger partial charge in [0.05, 0.1) is 0 Å². The molecule has 1 aromatic rings. The quantitative estimate of drug-likeness (QED) is 0.638. The summed E-state index contributed by atoms with van der Waals surface area (Å²) in [6.07, 6.45) is 5.72. The van der Waals surface area contributed by atoms with Crippen molar-refractivity contribution in [2.75, 3.05) is 13.1 Å². The first kappa shape index (κ1) is 17.5. The molecule has 0 radical (unpaired) electrons. The normalized spacial score (nSPS) is 20.6. The third kappa shape index (κ3) is 3.90. The van der Waals surface area contributed by atoms with E-state index in [4.69, 9.17) is 18.0 Å². The molecule has 0 aromatic heterocycles. The minimum atomic E-state index is -1.99. The first-order valence-electron chi connectivity index (χ1n) is 7.30. The number of halogens is 2. The lowest BCUT2D eigenvalue weighted by Gasteiger charge is -2.20. The van der Waals surface area contributed by atoms with Gasteiger partial charge in [0.2, 0.25) is 5.60 Å². The number of aryl methyl sites for hydroxylation is 1. The Labute approximate surface area is 139 Å². The van der Waals surface area contributed by atoms with Crippen LogP contribution in [0.4, 0.5) is 4.39 Å². The van der Waals surface area contributed by atoms with Crippen LogP contribution in [0, 0.1) is 18.2 Å². The molecule has 122 valence electrons. The molecule has 1 aliphatic heterocycles. The fraction of sp³-hybridized carbons (Fsp3) is 0.412. The average Bonchev–Trinajstić information content (AvgIpc) is 2.79. The van der Waals surface area contributed by atoms with Crippen LogP contribution in [0.15, 0.2) is 18.2 Å². The molecule has 1 atom stereocenters. The standard InChI is InChI=1S/C17H17ClFNO3/c1-2-3-7-20-8-6-17(23,16(20)22)15(21)5-4-12-9-13(18)11-14(19)10-12/h1,9-11,23H,3-8H2. The molecule has 1 heterocycles. The molecule has 0 saturated carbocycles. The summed E-state index contributed by atoms with van der Waals surface area (Å²) in [5, 5.41) is 10.6. The van der Waals surface area contributed by atoms with E-state index in [2.05, 4.69) is 5.92 Å². The van der Waals surface area contributed by atoms with Gasteiger partial charge in [0.1, 0.15) is 5.82 Å². The first-order valence-corrected chi connectivity index (χ1v) is 7.68. The number of nitrogens with zero attached hydrogens (tertiary/aromatic N) is 1. The summed E-state index contributed by atoms with van der Waals surface area (Å²) < 4.78 is 13.3. The molecule has 0 bridgehead atoms. The van der Waals surface area contributed by atoms with Crippen LogP contribution < -0.4 is 0 Å². The molecular formula is C17H17ClFNO3. The summed E-state index contributed by atoms with van der Waals surface area (Å²) in [6, 6.07) is 4.00. The molecule has 0 aliphatic carbocycles. The number of hydrogen-bond donors (Lipinski definition) is 1. The van der Waals surface area contributed by atoms with Crippen molar-refractivity contribution < 1.29 is 19.1 Å². The van der Waals surface area contributed by atoms with Gasteiger partial charge in [-0.05, 0) is 30.2 Å². The van der Waals surface area contributed by atoms with Crippen molar-refractivity contribution >= 4 is 23.3 Å². The van der Waals surface area contributed by atoms with Gasteiger partial charge in [0, 0.05) is 37.4 Å². The second kappa shape index (κ2) is 7.12. The van der Waals surface area contributed by atoms with E-state index in [9.17, 15) is 19.1 Å². The van der Waals surface area contributed by atoms with Crippen molar-refractivity contribution in [3.63, 3.8) is 0 Å². The van der Waals surface area contributed by atoms with Crippen molar-refractivity contribution in [3.8, 4) is 12.3 Å². The highest BCUT2D eigenvalue weighted by atomic mass is 35.5. The van der Waals surface area contributed by atoms with Crippen LogP contribution in [0.3, 0.4) is 0 Å². The Morgan fingerprint density at radius 1 is 1.48 bits per heavy atom. The van der Waals surface area contributed by atoms with E-state index in [0.29, 0.717) is 25.1 Å². The van der Waals surface area contributed by atoms with E-state index >= 15 is 0 Å². The maximum Gasteiger partial charge on any atom is 0.262 e. The van der Waals surface area contributed by atoms with E-state index in [1.165, 1.54) is 17.0 Å². The minimum Gasteiger partial charge on any atom is -0.373 e. The van der Waals surface area contributed by atoms with Crippen LogP contribution in [0.5, 0.6) is 0 Å². The zero-order valence-electron chi connectivity index (χ0n) is 12.5. The summed E-state index contributed by atoms with van der Waals surface area (Å²) in [6.45, 7) is 0.624. The van der Waals surface area contributed by atoms with Gasteiger partial charge in [-0.3, -0.25) is 9.59 Å². The highest BCUT2D eigenvalue weighted by molar-refractivity contribution is 6.30. The number of carbonyl (C=O) groups excluding carboxylic acids is 2. The summed E-state index contributed by atoms with van der Waals surface area (Å²) in [5.41, 5.74) is -1.45. The molecule has 1 fully saturated rings. The van der Waals surface area contributed by atoms with Crippen molar-refractivity contribution in [2.24, 2.45) is 0 Å². The van der Waals surface area contributed by atoms with Gasteiger partial charge < -0.3 is 10.0 Å². The number of terminal acetylenes is 1. The summed E-state index contributed by atoms with van der Waals surface area (Å²) in [7, 11) is 0. The third-order valence-electron chi connectivity index (χ3n) is 3.93. The molecule has 1 saturated heterocycles.